The Kier molecular flexibility index (Phi) is 7.00. The molecule has 0 unspecified atom stereocenters. The summed E-state index contributed by atoms with van der Waals surface area (Å²) in [6.45, 7) is 0. The van der Waals surface area contributed by atoms with E-state index in [0.29, 0.717) is 17.5 Å². The van der Waals surface area contributed by atoms with E-state index in [1.54, 1.807) is 11.3 Å². The van der Waals surface area contributed by atoms with E-state index in [9.17, 15) is 0 Å². The third kappa shape index (κ3) is 4.94. The van der Waals surface area contributed by atoms with E-state index in [2.05, 4.69) is 164 Å². The van der Waals surface area contributed by atoms with Crippen LogP contribution >= 0.6 is 11.3 Å². The predicted molar refractivity (Wildman–Crippen MR) is 223 cm³/mol. The third-order valence-electron chi connectivity index (χ3n) is 10.4. The van der Waals surface area contributed by atoms with Gasteiger partial charge in [-0.05, 0) is 69.6 Å². The van der Waals surface area contributed by atoms with Crippen LogP contribution in [0.1, 0.15) is 0 Å². The molecular formula is C49H29N3OS. The number of aromatic nitrogens is 3. The monoisotopic (exact) mass is 707 g/mol. The molecule has 0 amide bonds. The molecule has 0 bridgehead atoms. The van der Waals surface area contributed by atoms with Crippen molar-refractivity contribution < 1.29 is 4.74 Å². The highest BCUT2D eigenvalue weighted by Gasteiger charge is 2.24. The van der Waals surface area contributed by atoms with Gasteiger partial charge in [0.05, 0.1) is 0 Å². The number of hydrogen-bond acceptors (Lipinski definition) is 5. The minimum absolute atomic E-state index is 0.606. The molecule has 0 saturated heterocycles. The van der Waals surface area contributed by atoms with Crippen molar-refractivity contribution in [3.63, 3.8) is 0 Å². The molecule has 0 fully saturated rings. The zero-order chi connectivity index (χ0) is 35.6. The van der Waals surface area contributed by atoms with Crippen molar-refractivity contribution in [2.24, 2.45) is 0 Å². The molecule has 1 aliphatic rings. The lowest BCUT2D eigenvalue weighted by Crippen LogP contribution is -2.02. The first-order valence-electron chi connectivity index (χ1n) is 18.0. The average Bonchev–Trinajstić information content (AvgIpc) is 3.63. The van der Waals surface area contributed by atoms with Gasteiger partial charge in [0, 0.05) is 47.8 Å². The van der Waals surface area contributed by atoms with Crippen LogP contribution in [-0.2, 0) is 0 Å². The van der Waals surface area contributed by atoms with Gasteiger partial charge in [-0.2, -0.15) is 0 Å². The Bertz CT molecular complexity index is 3080. The summed E-state index contributed by atoms with van der Waals surface area (Å²) in [7, 11) is 0. The van der Waals surface area contributed by atoms with Gasteiger partial charge >= 0.3 is 0 Å². The maximum Gasteiger partial charge on any atom is 0.165 e. The minimum Gasteiger partial charge on any atom is -0.456 e. The van der Waals surface area contributed by atoms with Crippen LogP contribution in [0.4, 0.5) is 0 Å². The molecule has 8 aromatic carbocycles. The number of fused-ring (bicyclic) bond motifs is 5. The molecule has 11 rings (SSSR count). The van der Waals surface area contributed by atoms with Crippen LogP contribution in [0.25, 0.3) is 98.5 Å². The molecule has 0 aliphatic carbocycles. The standard InChI is InChI=1S/C49H29N3OS/c1-3-13-30(14-4-1)33-17-7-8-19-39(33)48-50-47(51-49(52-48)40-23-12-22-38-35-18-9-10-24-44(35)54-46(38)40)32-25-27-42-41(29-32)37-21-11-20-36-34(31-15-5-2-6-16-31)26-28-43(53-42)45(36)37/h1-29H. The van der Waals surface area contributed by atoms with E-state index in [1.165, 1.54) is 26.6 Å². The molecule has 54 heavy (non-hydrogen) atoms. The number of ether oxygens (including phenoxy) is 1. The summed E-state index contributed by atoms with van der Waals surface area (Å²) in [5, 5.41) is 4.70. The molecule has 0 saturated carbocycles. The van der Waals surface area contributed by atoms with Crippen LogP contribution in [0, 0.1) is 0 Å². The summed E-state index contributed by atoms with van der Waals surface area (Å²) in [6.07, 6.45) is 0. The second kappa shape index (κ2) is 12.3. The van der Waals surface area contributed by atoms with E-state index in [-0.39, 0.29) is 0 Å². The molecule has 4 nitrogen and oxygen atoms in total. The van der Waals surface area contributed by atoms with Crippen LogP contribution in [0.2, 0.25) is 0 Å². The van der Waals surface area contributed by atoms with Gasteiger partial charge in [-0.3, -0.25) is 0 Å². The van der Waals surface area contributed by atoms with E-state index in [1.807, 2.05) is 12.1 Å². The summed E-state index contributed by atoms with van der Waals surface area (Å²) < 4.78 is 9.01. The summed E-state index contributed by atoms with van der Waals surface area (Å²) in [5.74, 6) is 3.55. The summed E-state index contributed by atoms with van der Waals surface area (Å²) >= 11 is 1.78. The van der Waals surface area contributed by atoms with Crippen molar-refractivity contribution >= 4 is 42.3 Å². The Balaban J connectivity index is 1.13. The van der Waals surface area contributed by atoms with E-state index in [0.717, 1.165) is 65.9 Å². The molecule has 10 aromatic rings. The van der Waals surface area contributed by atoms with Crippen LogP contribution in [0.3, 0.4) is 0 Å². The highest BCUT2D eigenvalue weighted by molar-refractivity contribution is 7.26. The molecule has 252 valence electrons. The molecule has 0 radical (unpaired) electrons. The van der Waals surface area contributed by atoms with Gasteiger partial charge in [0.25, 0.3) is 0 Å². The van der Waals surface area contributed by atoms with Crippen molar-refractivity contribution in [1.29, 1.82) is 0 Å². The maximum atomic E-state index is 6.61. The topological polar surface area (TPSA) is 47.9 Å². The zero-order valence-corrected chi connectivity index (χ0v) is 29.7. The van der Waals surface area contributed by atoms with E-state index in [4.69, 9.17) is 19.7 Å². The normalized spacial score (nSPS) is 11.9. The first-order valence-corrected chi connectivity index (χ1v) is 18.8. The number of rotatable bonds is 5. The number of nitrogens with zero attached hydrogens (tertiary/aromatic N) is 3. The molecule has 0 spiro atoms. The second-order valence-electron chi connectivity index (χ2n) is 13.5. The second-order valence-corrected chi connectivity index (χ2v) is 14.6. The molecule has 0 atom stereocenters. The van der Waals surface area contributed by atoms with Crippen LogP contribution < -0.4 is 4.74 Å². The maximum absolute atomic E-state index is 6.61. The smallest absolute Gasteiger partial charge is 0.165 e. The lowest BCUT2D eigenvalue weighted by Gasteiger charge is -2.23. The number of hydrogen-bond donors (Lipinski definition) is 0. The fourth-order valence-corrected chi connectivity index (χ4v) is 9.07. The molecule has 0 N–H and O–H groups in total. The SMILES string of the molecule is c1ccc(-c2ccccc2-c2nc(-c3ccc4c(c3)-c3cccc5c(-c6ccccc6)ccc(c35)O4)nc(-c3cccc4c3sc3ccccc34)n2)cc1. The van der Waals surface area contributed by atoms with Crippen LogP contribution in [-0.4, -0.2) is 15.0 Å². The predicted octanol–water partition coefficient (Wildman–Crippen LogP) is 13.5. The fourth-order valence-electron chi connectivity index (χ4n) is 7.86. The van der Waals surface area contributed by atoms with E-state index < -0.39 is 0 Å². The quantitative estimate of drug-likeness (QED) is 0.179. The van der Waals surface area contributed by atoms with Crippen LogP contribution in [0.15, 0.2) is 176 Å². The summed E-state index contributed by atoms with van der Waals surface area (Å²) in [5.41, 5.74) is 9.50. The first kappa shape index (κ1) is 30.7. The summed E-state index contributed by atoms with van der Waals surface area (Å²) in [4.78, 5) is 15.8. The first-order chi connectivity index (χ1) is 26.8. The number of thiophene rings is 1. The van der Waals surface area contributed by atoms with Crippen LogP contribution in [0.5, 0.6) is 11.5 Å². The average molecular weight is 708 g/mol. The van der Waals surface area contributed by atoms with Gasteiger partial charge in [-0.15, -0.1) is 11.3 Å². The van der Waals surface area contributed by atoms with Gasteiger partial charge in [0.15, 0.2) is 17.5 Å². The fraction of sp³-hybridized carbons (Fsp3) is 0. The Morgan fingerprint density at radius 1 is 0.352 bits per heavy atom. The molecule has 3 heterocycles. The van der Waals surface area contributed by atoms with Crippen molar-refractivity contribution in [2.45, 2.75) is 0 Å². The summed E-state index contributed by atoms with van der Waals surface area (Å²) in [6, 6.07) is 61.4. The van der Waals surface area contributed by atoms with E-state index >= 15 is 0 Å². The lowest BCUT2D eigenvalue weighted by atomic mass is 9.90. The molecular weight excluding hydrogens is 679 g/mol. The lowest BCUT2D eigenvalue weighted by molar-refractivity contribution is 0.487. The Hall–Kier alpha value is -6.95. The van der Waals surface area contributed by atoms with Gasteiger partial charge in [-0.1, -0.05) is 140 Å². The Morgan fingerprint density at radius 2 is 0.944 bits per heavy atom. The minimum atomic E-state index is 0.606. The largest absolute Gasteiger partial charge is 0.456 e. The Labute approximate surface area is 315 Å². The van der Waals surface area contributed by atoms with Crippen molar-refractivity contribution in [3.05, 3.63) is 176 Å². The molecule has 5 heteroatoms. The highest BCUT2D eigenvalue weighted by atomic mass is 32.1. The van der Waals surface area contributed by atoms with Gasteiger partial charge < -0.3 is 4.74 Å². The highest BCUT2D eigenvalue weighted by Crippen LogP contribution is 2.49. The van der Waals surface area contributed by atoms with Crippen molar-refractivity contribution in [3.8, 4) is 79.0 Å². The van der Waals surface area contributed by atoms with Gasteiger partial charge in [-0.25, -0.2) is 15.0 Å². The zero-order valence-electron chi connectivity index (χ0n) is 28.9. The third-order valence-corrected chi connectivity index (χ3v) is 11.6. The van der Waals surface area contributed by atoms with Crippen molar-refractivity contribution in [1.82, 2.24) is 15.0 Å². The number of benzene rings is 8. The van der Waals surface area contributed by atoms with Crippen molar-refractivity contribution in [2.75, 3.05) is 0 Å². The van der Waals surface area contributed by atoms with Gasteiger partial charge in [0.2, 0.25) is 0 Å². The van der Waals surface area contributed by atoms with Gasteiger partial charge in [0.1, 0.15) is 11.5 Å². The molecule has 1 aliphatic heterocycles. The molecule has 2 aromatic heterocycles. The Morgan fingerprint density at radius 3 is 1.76 bits per heavy atom.